The van der Waals surface area contributed by atoms with E-state index in [0.29, 0.717) is 30.4 Å². The number of ether oxygens (including phenoxy) is 2. The van der Waals surface area contributed by atoms with Crippen LogP contribution in [0.1, 0.15) is 42.1 Å². The predicted molar refractivity (Wildman–Crippen MR) is 111 cm³/mol. The zero-order chi connectivity index (χ0) is 23.3. The lowest BCUT2D eigenvalue weighted by atomic mass is 10.1. The molecule has 172 valence electrons. The average Bonchev–Trinajstić information content (AvgIpc) is 2.78. The third-order valence-corrected chi connectivity index (χ3v) is 7.05. The fourth-order valence-electron chi connectivity index (χ4n) is 3.44. The Hall–Kier alpha value is -2.85. The third kappa shape index (κ3) is 5.68. The van der Waals surface area contributed by atoms with E-state index < -0.39 is 28.6 Å². The summed E-state index contributed by atoms with van der Waals surface area (Å²) in [5, 5.41) is 0. The van der Waals surface area contributed by atoms with Gasteiger partial charge in [-0.15, -0.1) is 0 Å². The Morgan fingerprint density at radius 2 is 1.72 bits per heavy atom. The van der Waals surface area contributed by atoms with Crippen molar-refractivity contribution in [3.05, 3.63) is 59.7 Å². The molecule has 7 nitrogen and oxygen atoms in total. The number of piperidine rings is 1. The topological polar surface area (TPSA) is 90.0 Å². The van der Waals surface area contributed by atoms with Crippen molar-refractivity contribution in [2.45, 2.75) is 50.3 Å². The van der Waals surface area contributed by atoms with Gasteiger partial charge in [0.15, 0.2) is 5.78 Å². The summed E-state index contributed by atoms with van der Waals surface area (Å²) < 4.78 is 61.5. The highest BCUT2D eigenvalue weighted by Crippen LogP contribution is 2.27. The number of alkyl halides is 2. The summed E-state index contributed by atoms with van der Waals surface area (Å²) in [6.45, 7) is -1.50. The largest absolute Gasteiger partial charge is 0.460 e. The first-order valence-corrected chi connectivity index (χ1v) is 11.5. The fraction of sp³-hybridized carbons (Fsp3) is 0.364. The molecule has 2 aromatic carbocycles. The highest BCUT2D eigenvalue weighted by Gasteiger charge is 2.38. The van der Waals surface area contributed by atoms with E-state index in [2.05, 4.69) is 4.74 Å². The molecule has 1 unspecified atom stereocenters. The van der Waals surface area contributed by atoms with Crippen molar-refractivity contribution in [1.82, 2.24) is 4.31 Å². The lowest BCUT2D eigenvalue weighted by molar-refractivity contribution is -0.150. The van der Waals surface area contributed by atoms with Gasteiger partial charge in [0.2, 0.25) is 10.0 Å². The molecule has 0 saturated carbocycles. The van der Waals surface area contributed by atoms with E-state index in [1.54, 1.807) is 0 Å². The smallest absolute Gasteiger partial charge is 0.387 e. The normalized spacial score (nSPS) is 17.2. The second kappa shape index (κ2) is 10.2. The molecule has 1 heterocycles. The second-order valence-corrected chi connectivity index (χ2v) is 9.23. The average molecular weight is 467 g/mol. The lowest BCUT2D eigenvalue weighted by Crippen LogP contribution is -2.48. The molecule has 0 aliphatic carbocycles. The standard InChI is InChI=1S/C22H23F2NO6S/c1-15(26)17-7-11-19(12-8-17)32(28,29)25-13-3-2-4-20(25)21(27)30-14-16-5-9-18(10-6-16)31-22(23)24/h5-12,20,22H,2-4,13-14H2,1H3. The van der Waals surface area contributed by atoms with Crippen LogP contribution in [0, 0.1) is 0 Å². The van der Waals surface area contributed by atoms with E-state index in [1.165, 1.54) is 55.5 Å². The number of hydrogen-bond acceptors (Lipinski definition) is 6. The van der Waals surface area contributed by atoms with Gasteiger partial charge in [-0.2, -0.15) is 13.1 Å². The number of esters is 1. The summed E-state index contributed by atoms with van der Waals surface area (Å²) in [5.74, 6) is -0.876. The Morgan fingerprint density at radius 3 is 2.31 bits per heavy atom. The molecule has 1 fully saturated rings. The molecule has 1 atom stereocenters. The van der Waals surface area contributed by atoms with E-state index in [1.807, 2.05) is 0 Å². The van der Waals surface area contributed by atoms with Gasteiger partial charge >= 0.3 is 12.6 Å². The minimum absolute atomic E-state index is 0.00295. The molecule has 10 heteroatoms. The molecule has 0 radical (unpaired) electrons. The van der Waals surface area contributed by atoms with Crippen LogP contribution in [-0.4, -0.2) is 43.7 Å². The van der Waals surface area contributed by atoms with Crippen LogP contribution in [0.5, 0.6) is 5.75 Å². The first kappa shape index (κ1) is 23.8. The number of nitrogens with zero attached hydrogens (tertiary/aromatic N) is 1. The summed E-state index contributed by atoms with van der Waals surface area (Å²) in [7, 11) is -3.97. The predicted octanol–water partition coefficient (Wildman–Crippen LogP) is 3.78. The van der Waals surface area contributed by atoms with Crippen LogP contribution in [0.4, 0.5) is 8.78 Å². The zero-order valence-corrected chi connectivity index (χ0v) is 18.2. The molecular formula is C22H23F2NO6S. The Balaban J connectivity index is 1.69. The van der Waals surface area contributed by atoms with Crippen molar-refractivity contribution < 1.29 is 36.3 Å². The molecule has 0 N–H and O–H groups in total. The van der Waals surface area contributed by atoms with Crippen molar-refractivity contribution in [2.75, 3.05) is 6.54 Å². The van der Waals surface area contributed by atoms with Gasteiger partial charge < -0.3 is 9.47 Å². The van der Waals surface area contributed by atoms with E-state index in [-0.39, 0.29) is 29.6 Å². The van der Waals surface area contributed by atoms with Crippen LogP contribution < -0.4 is 4.74 Å². The Kier molecular flexibility index (Phi) is 7.57. The number of Topliss-reactive ketones (excluding diaryl/α,β-unsaturated/α-hetero) is 1. The zero-order valence-electron chi connectivity index (χ0n) is 17.4. The molecule has 1 saturated heterocycles. The highest BCUT2D eigenvalue weighted by atomic mass is 32.2. The second-order valence-electron chi connectivity index (χ2n) is 7.34. The van der Waals surface area contributed by atoms with Gasteiger partial charge in [0.05, 0.1) is 4.90 Å². The summed E-state index contributed by atoms with van der Waals surface area (Å²) in [6.07, 6.45) is 1.61. The molecule has 0 amide bonds. The summed E-state index contributed by atoms with van der Waals surface area (Å²) in [6, 6.07) is 10.2. The Morgan fingerprint density at radius 1 is 1.06 bits per heavy atom. The first-order valence-electron chi connectivity index (χ1n) is 10.0. The van der Waals surface area contributed by atoms with E-state index in [0.717, 1.165) is 4.31 Å². The van der Waals surface area contributed by atoms with Gasteiger partial charge in [-0.1, -0.05) is 24.3 Å². The molecule has 0 spiro atoms. The maximum absolute atomic E-state index is 13.1. The van der Waals surface area contributed by atoms with Crippen molar-refractivity contribution >= 4 is 21.8 Å². The highest BCUT2D eigenvalue weighted by molar-refractivity contribution is 7.89. The van der Waals surface area contributed by atoms with Crippen molar-refractivity contribution in [3.63, 3.8) is 0 Å². The fourth-order valence-corrected chi connectivity index (χ4v) is 5.09. The number of ketones is 1. The molecule has 32 heavy (non-hydrogen) atoms. The molecule has 0 aromatic heterocycles. The monoisotopic (exact) mass is 467 g/mol. The van der Waals surface area contributed by atoms with Crippen molar-refractivity contribution in [1.29, 1.82) is 0 Å². The van der Waals surface area contributed by atoms with Crippen LogP contribution in [0.2, 0.25) is 0 Å². The van der Waals surface area contributed by atoms with E-state index in [9.17, 15) is 26.8 Å². The first-order chi connectivity index (χ1) is 15.2. The summed E-state index contributed by atoms with van der Waals surface area (Å²) >= 11 is 0. The number of hydrogen-bond donors (Lipinski definition) is 0. The number of benzene rings is 2. The van der Waals surface area contributed by atoms with Crippen molar-refractivity contribution in [2.24, 2.45) is 0 Å². The molecule has 0 bridgehead atoms. The van der Waals surface area contributed by atoms with Crippen LogP contribution in [-0.2, 0) is 26.2 Å². The van der Waals surface area contributed by atoms with Gasteiger partial charge in [-0.25, -0.2) is 8.42 Å². The van der Waals surface area contributed by atoms with E-state index in [4.69, 9.17) is 4.74 Å². The molecular weight excluding hydrogens is 444 g/mol. The molecule has 2 aromatic rings. The van der Waals surface area contributed by atoms with Crippen molar-refractivity contribution in [3.8, 4) is 5.75 Å². The van der Waals surface area contributed by atoms with Gasteiger partial charge in [0, 0.05) is 12.1 Å². The third-order valence-electron chi connectivity index (χ3n) is 5.12. The maximum atomic E-state index is 13.1. The van der Waals surface area contributed by atoms with Gasteiger partial charge in [-0.05, 0) is 56.0 Å². The maximum Gasteiger partial charge on any atom is 0.387 e. The van der Waals surface area contributed by atoms with Gasteiger partial charge in [0.25, 0.3) is 0 Å². The minimum atomic E-state index is -3.97. The molecule has 1 aliphatic rings. The van der Waals surface area contributed by atoms with Gasteiger partial charge in [0.1, 0.15) is 18.4 Å². The summed E-state index contributed by atoms with van der Waals surface area (Å²) in [5.41, 5.74) is 0.938. The quantitative estimate of drug-likeness (QED) is 0.434. The SMILES string of the molecule is CC(=O)c1ccc(S(=O)(=O)N2CCCCC2C(=O)OCc2ccc(OC(F)F)cc2)cc1. The summed E-state index contributed by atoms with van der Waals surface area (Å²) in [4.78, 5) is 24.2. The molecule has 3 rings (SSSR count). The van der Waals surface area contributed by atoms with Crippen LogP contribution in [0.25, 0.3) is 0 Å². The van der Waals surface area contributed by atoms with Crippen LogP contribution in [0.15, 0.2) is 53.4 Å². The molecule has 1 aliphatic heterocycles. The Bertz CT molecular complexity index is 1050. The Labute approximate surface area is 185 Å². The number of carbonyl (C=O) groups excluding carboxylic acids is 2. The lowest BCUT2D eigenvalue weighted by Gasteiger charge is -2.33. The minimum Gasteiger partial charge on any atom is -0.460 e. The number of rotatable bonds is 8. The number of sulfonamides is 1. The number of halogens is 2. The van der Waals surface area contributed by atoms with Crippen LogP contribution >= 0.6 is 0 Å². The van der Waals surface area contributed by atoms with E-state index >= 15 is 0 Å². The van der Waals surface area contributed by atoms with Gasteiger partial charge in [-0.3, -0.25) is 9.59 Å². The number of carbonyl (C=O) groups is 2. The van der Waals surface area contributed by atoms with Crippen LogP contribution in [0.3, 0.4) is 0 Å².